The van der Waals surface area contributed by atoms with E-state index in [4.69, 9.17) is 5.11 Å². The lowest BCUT2D eigenvalue weighted by Gasteiger charge is -2.27. The van der Waals surface area contributed by atoms with E-state index in [1.54, 1.807) is 13.8 Å². The summed E-state index contributed by atoms with van der Waals surface area (Å²) in [7, 11) is -3.07. The van der Waals surface area contributed by atoms with Gasteiger partial charge in [-0.2, -0.15) is 0 Å². The smallest absolute Gasteiger partial charge is 0.308 e. The molecule has 2 unspecified atom stereocenters. The van der Waals surface area contributed by atoms with E-state index in [2.05, 4.69) is 5.32 Å². The molecule has 0 aromatic heterocycles. The maximum Gasteiger partial charge on any atom is 0.308 e. The fourth-order valence-electron chi connectivity index (χ4n) is 2.15. The van der Waals surface area contributed by atoms with Crippen molar-refractivity contribution in [2.24, 2.45) is 5.92 Å². The van der Waals surface area contributed by atoms with Crippen LogP contribution in [0.2, 0.25) is 0 Å². The summed E-state index contributed by atoms with van der Waals surface area (Å²) < 4.78 is 23.0. The second kappa shape index (κ2) is 7.03. The number of carboxylic acid groups (broad SMARTS) is 1. The van der Waals surface area contributed by atoms with Crippen LogP contribution in [-0.4, -0.2) is 67.5 Å². The maximum atomic E-state index is 12.1. The van der Waals surface area contributed by atoms with Crippen LogP contribution in [0.25, 0.3) is 0 Å². The van der Waals surface area contributed by atoms with Gasteiger partial charge in [-0.05, 0) is 6.92 Å². The third kappa shape index (κ3) is 5.09. The molecule has 0 radical (unpaired) electrons. The molecule has 1 fully saturated rings. The van der Waals surface area contributed by atoms with Crippen molar-refractivity contribution in [2.75, 3.05) is 31.1 Å². The fraction of sp³-hybridized carbons (Fsp3) is 0.833. The van der Waals surface area contributed by atoms with E-state index in [9.17, 15) is 18.0 Å². The van der Waals surface area contributed by atoms with Crippen LogP contribution in [-0.2, 0) is 19.4 Å². The first-order valence-electron chi connectivity index (χ1n) is 6.69. The van der Waals surface area contributed by atoms with E-state index in [0.29, 0.717) is 13.1 Å². The molecule has 1 heterocycles. The van der Waals surface area contributed by atoms with Crippen molar-refractivity contribution in [3.63, 3.8) is 0 Å². The van der Waals surface area contributed by atoms with Crippen LogP contribution in [0.15, 0.2) is 0 Å². The van der Waals surface area contributed by atoms with Crippen molar-refractivity contribution in [2.45, 2.75) is 26.3 Å². The van der Waals surface area contributed by atoms with Gasteiger partial charge in [0.25, 0.3) is 0 Å². The molecule has 1 amide bonds. The van der Waals surface area contributed by atoms with E-state index < -0.39 is 21.7 Å². The van der Waals surface area contributed by atoms with Gasteiger partial charge in [0, 0.05) is 32.1 Å². The van der Waals surface area contributed by atoms with Crippen molar-refractivity contribution in [3.05, 3.63) is 0 Å². The first kappa shape index (κ1) is 16.9. The Balaban J connectivity index is 2.57. The minimum Gasteiger partial charge on any atom is -0.481 e. The molecule has 0 aromatic rings. The monoisotopic (exact) mass is 306 g/mol. The van der Waals surface area contributed by atoms with Gasteiger partial charge in [0.05, 0.1) is 17.4 Å². The van der Waals surface area contributed by atoms with Crippen LogP contribution in [0.4, 0.5) is 0 Å². The number of sulfone groups is 1. The first-order valence-corrected chi connectivity index (χ1v) is 8.51. The van der Waals surface area contributed by atoms with Crippen LogP contribution in [0.3, 0.4) is 0 Å². The third-order valence-electron chi connectivity index (χ3n) is 3.37. The minimum absolute atomic E-state index is 0.0369. The summed E-state index contributed by atoms with van der Waals surface area (Å²) in [6.45, 7) is 4.23. The molecule has 0 spiro atoms. The topological polar surface area (TPSA) is 104 Å². The predicted molar refractivity (Wildman–Crippen MR) is 74.1 cm³/mol. The van der Waals surface area contributed by atoms with Crippen LogP contribution in [0.5, 0.6) is 0 Å². The molecule has 0 bridgehead atoms. The molecule has 116 valence electrons. The maximum absolute atomic E-state index is 12.1. The number of nitrogens with one attached hydrogen (secondary N) is 1. The highest BCUT2D eigenvalue weighted by Gasteiger charge is 2.28. The van der Waals surface area contributed by atoms with Gasteiger partial charge in [-0.15, -0.1) is 0 Å². The van der Waals surface area contributed by atoms with Crippen LogP contribution in [0.1, 0.15) is 20.3 Å². The van der Waals surface area contributed by atoms with Crippen molar-refractivity contribution < 1.29 is 23.1 Å². The molecule has 7 nitrogen and oxygen atoms in total. The lowest BCUT2D eigenvalue weighted by Crippen LogP contribution is -2.48. The number of carbonyl (C=O) groups is 2. The van der Waals surface area contributed by atoms with Crippen LogP contribution in [0, 0.1) is 5.92 Å². The molecule has 1 rings (SSSR count). The molecule has 0 aromatic carbocycles. The summed E-state index contributed by atoms with van der Waals surface area (Å²) in [6, 6.07) is -0.379. The summed E-state index contributed by atoms with van der Waals surface area (Å²) in [5, 5.41) is 11.9. The Morgan fingerprint density at radius 3 is 2.60 bits per heavy atom. The molecule has 20 heavy (non-hydrogen) atoms. The van der Waals surface area contributed by atoms with Gasteiger partial charge in [-0.25, -0.2) is 8.42 Å². The lowest BCUT2D eigenvalue weighted by atomic mass is 10.1. The highest BCUT2D eigenvalue weighted by atomic mass is 32.2. The number of carboxylic acids is 1. The minimum atomic E-state index is -3.07. The van der Waals surface area contributed by atoms with E-state index in [1.807, 2.05) is 0 Å². The average molecular weight is 306 g/mol. The van der Waals surface area contributed by atoms with E-state index in [-0.39, 0.29) is 36.4 Å². The van der Waals surface area contributed by atoms with Crippen LogP contribution < -0.4 is 5.32 Å². The number of hydrogen-bond acceptors (Lipinski definition) is 5. The molecule has 1 aliphatic heterocycles. The summed E-state index contributed by atoms with van der Waals surface area (Å²) in [5.74, 6) is -1.73. The normalized spacial score (nSPS) is 23.0. The molecule has 2 N–H and O–H groups in total. The molecule has 1 aliphatic rings. The van der Waals surface area contributed by atoms with Crippen molar-refractivity contribution in [1.29, 1.82) is 0 Å². The number of aliphatic carboxylic acids is 1. The van der Waals surface area contributed by atoms with E-state index in [0.717, 1.165) is 0 Å². The number of amides is 1. The zero-order valence-corrected chi connectivity index (χ0v) is 12.6. The second-order valence-corrected chi connectivity index (χ2v) is 7.37. The number of nitrogens with zero attached hydrogens (tertiary/aromatic N) is 1. The average Bonchev–Trinajstić information content (AvgIpc) is 2.33. The summed E-state index contributed by atoms with van der Waals surface area (Å²) in [4.78, 5) is 24.4. The van der Waals surface area contributed by atoms with Gasteiger partial charge in [0.1, 0.15) is 0 Å². The molecule has 1 saturated heterocycles. The SMILES string of the molecule is CCN(CC(C)C(=O)O)C(=O)CC1CS(=O)(=O)CCN1. The highest BCUT2D eigenvalue weighted by molar-refractivity contribution is 7.91. The quantitative estimate of drug-likeness (QED) is 0.674. The number of carbonyl (C=O) groups excluding carboxylic acids is 1. The van der Waals surface area contributed by atoms with E-state index >= 15 is 0 Å². The Bertz CT molecular complexity index is 462. The van der Waals surface area contributed by atoms with E-state index in [1.165, 1.54) is 4.90 Å². The molecule has 8 heteroatoms. The molecular formula is C12H22N2O5S. The Kier molecular flexibility index (Phi) is 5.94. The standard InChI is InChI=1S/C12H22N2O5S/c1-3-14(7-9(2)12(16)17)11(15)6-10-8-20(18,19)5-4-13-10/h9-10,13H,3-8H2,1-2H3,(H,16,17). The van der Waals surface area contributed by atoms with Gasteiger partial charge in [0.15, 0.2) is 9.84 Å². The number of rotatable bonds is 6. The second-order valence-electron chi connectivity index (χ2n) is 5.14. The molecule has 2 atom stereocenters. The third-order valence-corrected chi connectivity index (χ3v) is 5.11. The summed E-state index contributed by atoms with van der Waals surface area (Å²) in [6.07, 6.45) is 0.0827. The largest absolute Gasteiger partial charge is 0.481 e. The number of hydrogen-bond donors (Lipinski definition) is 2. The summed E-state index contributed by atoms with van der Waals surface area (Å²) in [5.41, 5.74) is 0. The zero-order valence-electron chi connectivity index (χ0n) is 11.8. The van der Waals surface area contributed by atoms with Crippen molar-refractivity contribution in [1.82, 2.24) is 10.2 Å². The zero-order chi connectivity index (χ0) is 15.3. The Hall–Kier alpha value is -1.15. The van der Waals surface area contributed by atoms with Gasteiger partial charge in [-0.3, -0.25) is 9.59 Å². The van der Waals surface area contributed by atoms with Crippen molar-refractivity contribution >= 4 is 21.7 Å². The van der Waals surface area contributed by atoms with Crippen LogP contribution >= 0.6 is 0 Å². The van der Waals surface area contributed by atoms with Gasteiger partial charge < -0.3 is 15.3 Å². The fourth-order valence-corrected chi connectivity index (χ4v) is 3.60. The summed E-state index contributed by atoms with van der Waals surface area (Å²) >= 11 is 0. The van der Waals surface area contributed by atoms with Gasteiger partial charge in [0.2, 0.25) is 5.91 Å². The Morgan fingerprint density at radius 2 is 2.10 bits per heavy atom. The molecule has 0 saturated carbocycles. The van der Waals surface area contributed by atoms with Crippen molar-refractivity contribution in [3.8, 4) is 0 Å². The molecular weight excluding hydrogens is 284 g/mol. The van der Waals surface area contributed by atoms with Gasteiger partial charge >= 0.3 is 5.97 Å². The molecule has 0 aliphatic carbocycles. The predicted octanol–water partition coefficient (Wildman–Crippen LogP) is -0.668. The van der Waals surface area contributed by atoms with Gasteiger partial charge in [-0.1, -0.05) is 6.92 Å². The first-order chi connectivity index (χ1) is 9.25. The Morgan fingerprint density at radius 1 is 1.45 bits per heavy atom. The lowest BCUT2D eigenvalue weighted by molar-refractivity contribution is -0.143. The highest BCUT2D eigenvalue weighted by Crippen LogP contribution is 2.09. The Labute approximate surface area is 119 Å².